The average Bonchev–Trinajstić information content (AvgIpc) is 2.87. The lowest BCUT2D eigenvalue weighted by molar-refractivity contribution is 0.267. The maximum Gasteiger partial charge on any atom is 0.262 e. The number of hydrogen-bond acceptors (Lipinski definition) is 4. The molecule has 2 rings (SSSR count). The number of piperidine rings is 1. The maximum atomic E-state index is 12.4. The molecule has 7 heteroatoms. The minimum absolute atomic E-state index is 0.155. The molecule has 0 atom stereocenters. The van der Waals surface area contributed by atoms with Gasteiger partial charge in [0.05, 0.1) is 6.33 Å². The molecule has 1 aliphatic rings. The van der Waals surface area contributed by atoms with Crippen molar-refractivity contribution in [2.24, 2.45) is 13.0 Å². The zero-order chi connectivity index (χ0) is 14.6. The zero-order valence-electron chi connectivity index (χ0n) is 12.2. The summed E-state index contributed by atoms with van der Waals surface area (Å²) >= 11 is 0. The van der Waals surface area contributed by atoms with E-state index >= 15 is 0 Å². The van der Waals surface area contributed by atoms with Crippen molar-refractivity contribution < 1.29 is 8.42 Å². The van der Waals surface area contributed by atoms with Crippen LogP contribution in [0.1, 0.15) is 26.2 Å². The second-order valence-corrected chi connectivity index (χ2v) is 7.31. The third-order valence-electron chi connectivity index (χ3n) is 3.72. The number of imidazole rings is 1. The Hall–Kier alpha value is -0.920. The van der Waals surface area contributed by atoms with Crippen LogP contribution in [0.4, 0.5) is 0 Å². The lowest BCUT2D eigenvalue weighted by atomic mass is 9.98. The van der Waals surface area contributed by atoms with E-state index in [0.29, 0.717) is 19.0 Å². The van der Waals surface area contributed by atoms with E-state index < -0.39 is 10.0 Å². The fourth-order valence-electron chi connectivity index (χ4n) is 2.49. The summed E-state index contributed by atoms with van der Waals surface area (Å²) in [6, 6.07) is 0. The molecule has 1 aromatic rings. The molecule has 2 heterocycles. The average molecular weight is 300 g/mol. The predicted octanol–water partition coefficient (Wildman–Crippen LogP) is 0.820. The largest absolute Gasteiger partial charge is 0.339 e. The Bertz CT molecular complexity index is 518. The number of nitrogens with zero attached hydrogens (tertiary/aromatic N) is 3. The van der Waals surface area contributed by atoms with E-state index in [9.17, 15) is 8.42 Å². The van der Waals surface area contributed by atoms with E-state index in [-0.39, 0.29) is 5.03 Å². The number of hydrogen-bond donors (Lipinski definition) is 1. The summed E-state index contributed by atoms with van der Waals surface area (Å²) in [6.45, 7) is 5.36. The fourth-order valence-corrected chi connectivity index (χ4v) is 3.93. The van der Waals surface area contributed by atoms with Crippen molar-refractivity contribution in [3.63, 3.8) is 0 Å². The summed E-state index contributed by atoms with van der Waals surface area (Å²) in [6.07, 6.45) is 6.05. The van der Waals surface area contributed by atoms with Crippen LogP contribution in [0.15, 0.2) is 17.6 Å². The molecule has 0 bridgehead atoms. The third kappa shape index (κ3) is 3.59. The van der Waals surface area contributed by atoms with E-state index in [2.05, 4.69) is 17.2 Å². The Balaban J connectivity index is 1.90. The van der Waals surface area contributed by atoms with E-state index in [0.717, 1.165) is 32.4 Å². The van der Waals surface area contributed by atoms with Gasteiger partial charge >= 0.3 is 0 Å². The molecule has 1 aromatic heterocycles. The smallest absolute Gasteiger partial charge is 0.262 e. The third-order valence-corrected chi connectivity index (χ3v) is 5.50. The summed E-state index contributed by atoms with van der Waals surface area (Å²) in [5.74, 6) is 0.580. The minimum Gasteiger partial charge on any atom is -0.339 e. The maximum absolute atomic E-state index is 12.4. The van der Waals surface area contributed by atoms with Crippen LogP contribution < -0.4 is 5.32 Å². The van der Waals surface area contributed by atoms with Crippen molar-refractivity contribution in [2.45, 2.75) is 31.2 Å². The first-order valence-electron chi connectivity index (χ1n) is 7.23. The van der Waals surface area contributed by atoms with Crippen molar-refractivity contribution in [3.8, 4) is 0 Å². The molecular formula is C13H24N4O2S. The SMILES string of the molecule is CCCNCC1CCN(S(=O)(=O)c2cn(C)cn2)CC1. The van der Waals surface area contributed by atoms with Gasteiger partial charge in [-0.15, -0.1) is 0 Å². The van der Waals surface area contributed by atoms with Crippen LogP contribution in [0.25, 0.3) is 0 Å². The predicted molar refractivity (Wildman–Crippen MR) is 77.9 cm³/mol. The van der Waals surface area contributed by atoms with Crippen molar-refractivity contribution >= 4 is 10.0 Å². The van der Waals surface area contributed by atoms with Gasteiger partial charge in [0.2, 0.25) is 0 Å². The molecule has 0 amide bonds. The molecule has 0 aliphatic carbocycles. The standard InChI is InChI=1S/C13H24N4O2S/c1-3-6-14-9-12-4-7-17(8-5-12)20(18,19)13-10-16(2)11-15-13/h10-12,14H,3-9H2,1-2H3. The first-order chi connectivity index (χ1) is 9.54. The molecular weight excluding hydrogens is 276 g/mol. The highest BCUT2D eigenvalue weighted by atomic mass is 32.2. The van der Waals surface area contributed by atoms with Crippen molar-refractivity contribution in [1.82, 2.24) is 19.2 Å². The van der Waals surface area contributed by atoms with E-state index in [1.54, 1.807) is 22.1 Å². The molecule has 1 saturated heterocycles. The number of aromatic nitrogens is 2. The van der Waals surface area contributed by atoms with Gasteiger partial charge in [-0.2, -0.15) is 4.31 Å². The molecule has 1 N–H and O–H groups in total. The van der Waals surface area contributed by atoms with Gasteiger partial charge in [-0.1, -0.05) is 6.92 Å². The molecule has 1 fully saturated rings. The minimum atomic E-state index is -3.41. The molecule has 0 radical (unpaired) electrons. The van der Waals surface area contributed by atoms with Crippen LogP contribution in [-0.2, 0) is 17.1 Å². The van der Waals surface area contributed by atoms with Gasteiger partial charge in [0, 0.05) is 26.3 Å². The summed E-state index contributed by atoms with van der Waals surface area (Å²) in [4.78, 5) is 3.96. The number of nitrogens with one attached hydrogen (secondary N) is 1. The monoisotopic (exact) mass is 300 g/mol. The molecule has 1 aliphatic heterocycles. The van der Waals surface area contributed by atoms with E-state index in [4.69, 9.17) is 0 Å². The molecule has 0 spiro atoms. The van der Waals surface area contributed by atoms with Gasteiger partial charge in [0.25, 0.3) is 10.0 Å². The summed E-state index contributed by atoms with van der Waals surface area (Å²) in [5, 5.41) is 3.56. The number of rotatable bonds is 6. The molecule has 20 heavy (non-hydrogen) atoms. The number of aryl methyl sites for hydroxylation is 1. The van der Waals surface area contributed by atoms with E-state index in [1.165, 1.54) is 6.33 Å². The van der Waals surface area contributed by atoms with Crippen LogP contribution in [0.2, 0.25) is 0 Å². The Labute approximate surface area is 121 Å². The highest BCUT2D eigenvalue weighted by Gasteiger charge is 2.30. The van der Waals surface area contributed by atoms with Crippen LogP contribution in [0.3, 0.4) is 0 Å². The van der Waals surface area contributed by atoms with Gasteiger partial charge in [0.15, 0.2) is 5.03 Å². The first-order valence-corrected chi connectivity index (χ1v) is 8.67. The Morgan fingerprint density at radius 1 is 1.40 bits per heavy atom. The van der Waals surface area contributed by atoms with Crippen LogP contribution in [-0.4, -0.2) is 48.5 Å². The second kappa shape index (κ2) is 6.69. The van der Waals surface area contributed by atoms with Crippen LogP contribution in [0, 0.1) is 5.92 Å². The highest BCUT2D eigenvalue weighted by molar-refractivity contribution is 7.89. The summed E-state index contributed by atoms with van der Waals surface area (Å²) < 4.78 is 28.0. The van der Waals surface area contributed by atoms with Crippen LogP contribution >= 0.6 is 0 Å². The molecule has 6 nitrogen and oxygen atoms in total. The van der Waals surface area contributed by atoms with E-state index in [1.807, 2.05) is 0 Å². The summed E-state index contributed by atoms with van der Waals surface area (Å²) in [5.41, 5.74) is 0. The molecule has 0 saturated carbocycles. The van der Waals surface area contributed by atoms with Gasteiger partial charge in [-0.3, -0.25) is 0 Å². The van der Waals surface area contributed by atoms with Crippen molar-refractivity contribution in [1.29, 1.82) is 0 Å². The van der Waals surface area contributed by atoms with Gasteiger partial charge in [0.1, 0.15) is 0 Å². The van der Waals surface area contributed by atoms with Gasteiger partial charge < -0.3 is 9.88 Å². The highest BCUT2D eigenvalue weighted by Crippen LogP contribution is 2.22. The van der Waals surface area contributed by atoms with Crippen LogP contribution in [0.5, 0.6) is 0 Å². The lowest BCUT2D eigenvalue weighted by Gasteiger charge is -2.30. The van der Waals surface area contributed by atoms with Crippen molar-refractivity contribution in [2.75, 3.05) is 26.2 Å². The Morgan fingerprint density at radius 2 is 2.10 bits per heavy atom. The topological polar surface area (TPSA) is 67.2 Å². The summed E-state index contributed by atoms with van der Waals surface area (Å²) in [7, 11) is -1.63. The first kappa shape index (κ1) is 15.5. The molecule has 0 aromatic carbocycles. The normalized spacial score (nSPS) is 18.5. The van der Waals surface area contributed by atoms with Gasteiger partial charge in [-0.05, 0) is 38.3 Å². The van der Waals surface area contributed by atoms with Gasteiger partial charge in [-0.25, -0.2) is 13.4 Å². The fraction of sp³-hybridized carbons (Fsp3) is 0.769. The number of sulfonamides is 1. The molecule has 114 valence electrons. The zero-order valence-corrected chi connectivity index (χ0v) is 13.1. The Morgan fingerprint density at radius 3 is 2.65 bits per heavy atom. The second-order valence-electron chi connectivity index (χ2n) is 5.43. The molecule has 0 unspecified atom stereocenters. The quantitative estimate of drug-likeness (QED) is 0.790. The van der Waals surface area contributed by atoms with Crippen molar-refractivity contribution in [3.05, 3.63) is 12.5 Å². The Kier molecular flexibility index (Phi) is 5.17. The lowest BCUT2D eigenvalue weighted by Crippen LogP contribution is -2.40.